The van der Waals surface area contributed by atoms with Gasteiger partial charge in [-0.05, 0) is 18.2 Å². The minimum atomic E-state index is -4.62. The van der Waals surface area contributed by atoms with E-state index in [1.54, 1.807) is 32.9 Å². The van der Waals surface area contributed by atoms with Crippen molar-refractivity contribution in [1.29, 1.82) is 0 Å². The molecule has 5 heterocycles. The number of anilines is 2. The fourth-order valence-corrected chi connectivity index (χ4v) is 5.21. The first-order chi connectivity index (χ1) is 19.6. The summed E-state index contributed by atoms with van der Waals surface area (Å²) in [6.07, 6.45) is 0.705. The Bertz CT molecular complexity index is 1620. The summed E-state index contributed by atoms with van der Waals surface area (Å²) in [5.74, 6) is 0.0215. The van der Waals surface area contributed by atoms with Crippen LogP contribution in [0.15, 0.2) is 43.0 Å². The van der Waals surface area contributed by atoms with Crippen LogP contribution in [0.25, 0.3) is 16.9 Å². The second kappa shape index (κ2) is 10.2. The van der Waals surface area contributed by atoms with Gasteiger partial charge in [0.05, 0.1) is 34.2 Å². The number of aromatic amines is 1. The third kappa shape index (κ3) is 5.02. The summed E-state index contributed by atoms with van der Waals surface area (Å²) in [4.78, 5) is 39.3. The number of nitrogens with zero attached hydrogens (tertiary/aromatic N) is 7. The van der Waals surface area contributed by atoms with Crippen molar-refractivity contribution in [3.05, 3.63) is 59.3 Å². The lowest BCUT2D eigenvalue weighted by Gasteiger charge is -2.42. The van der Waals surface area contributed by atoms with Gasteiger partial charge in [0.25, 0.3) is 5.91 Å². The molecule has 1 aromatic carbocycles. The number of hydrogen-bond donors (Lipinski definition) is 3. The first-order valence-corrected chi connectivity index (χ1v) is 13.1. The Labute approximate surface area is 235 Å². The molecule has 2 saturated heterocycles. The third-order valence-corrected chi connectivity index (χ3v) is 7.42. The third-order valence-electron chi connectivity index (χ3n) is 7.11. The van der Waals surface area contributed by atoms with Gasteiger partial charge in [-0.3, -0.25) is 14.3 Å². The van der Waals surface area contributed by atoms with E-state index in [4.69, 9.17) is 17.3 Å². The molecule has 2 fully saturated rings. The number of alkyl halides is 3. The Morgan fingerprint density at radius 2 is 1.78 bits per heavy atom. The van der Waals surface area contributed by atoms with Crippen molar-refractivity contribution in [2.45, 2.75) is 12.2 Å². The number of nitrogens with two attached hydrogens (primary N) is 1. The first kappa shape index (κ1) is 26.8. The van der Waals surface area contributed by atoms with Crippen molar-refractivity contribution in [3.8, 4) is 11.3 Å². The van der Waals surface area contributed by atoms with Gasteiger partial charge in [0.15, 0.2) is 11.5 Å². The maximum atomic E-state index is 13.4. The van der Waals surface area contributed by atoms with Gasteiger partial charge in [0.2, 0.25) is 0 Å². The molecular formula is C25H24ClF3N10O2. The van der Waals surface area contributed by atoms with Gasteiger partial charge in [-0.25, -0.2) is 14.8 Å². The Kier molecular flexibility index (Phi) is 6.69. The average molecular weight is 589 g/mol. The minimum absolute atomic E-state index is 0.0240. The number of fused-ring (bicyclic) bond motifs is 1. The molecule has 0 saturated carbocycles. The number of benzene rings is 1. The molecule has 0 radical (unpaired) electrons. The number of piperazine rings is 1. The van der Waals surface area contributed by atoms with Crippen LogP contribution in [0, 0.1) is 0 Å². The molecule has 0 spiro atoms. The molecule has 4 aromatic rings. The van der Waals surface area contributed by atoms with E-state index in [1.165, 1.54) is 23.0 Å². The number of H-pyrrole nitrogens is 1. The van der Waals surface area contributed by atoms with Crippen molar-refractivity contribution >= 4 is 40.7 Å². The van der Waals surface area contributed by atoms with Crippen molar-refractivity contribution < 1.29 is 22.8 Å². The summed E-state index contributed by atoms with van der Waals surface area (Å²) in [6, 6.07) is 4.76. The zero-order valence-corrected chi connectivity index (χ0v) is 22.2. The van der Waals surface area contributed by atoms with E-state index in [-0.39, 0.29) is 45.7 Å². The van der Waals surface area contributed by atoms with Crippen LogP contribution in [-0.2, 0) is 6.18 Å². The monoisotopic (exact) mass is 588 g/mol. The maximum Gasteiger partial charge on any atom is 0.433 e. The molecule has 2 aliphatic heterocycles. The molecule has 0 aliphatic carbocycles. The van der Waals surface area contributed by atoms with Crippen LogP contribution in [0.1, 0.15) is 16.1 Å². The molecule has 214 valence electrons. The number of imidazole rings is 1. The van der Waals surface area contributed by atoms with E-state index in [2.05, 4.69) is 20.4 Å². The smallest absolute Gasteiger partial charge is 0.337 e. The quantitative estimate of drug-likeness (QED) is 0.333. The lowest BCUT2D eigenvalue weighted by atomic mass is 10.1. The van der Waals surface area contributed by atoms with Crippen molar-refractivity contribution in [3.63, 3.8) is 0 Å². The molecule has 0 bridgehead atoms. The molecule has 2 aliphatic rings. The van der Waals surface area contributed by atoms with Crippen LogP contribution >= 0.6 is 11.6 Å². The molecular weight excluding hydrogens is 565 g/mol. The van der Waals surface area contributed by atoms with Gasteiger partial charge in [-0.15, -0.1) is 0 Å². The van der Waals surface area contributed by atoms with Gasteiger partial charge >= 0.3 is 12.2 Å². The molecule has 3 amide bonds. The standard InChI is InChI=1S/C25H24ClF3N10O2/c26-18-9-15(1-2-16(18)23(40)36-5-7-37(8-6-36)24(41)38-12-14(30)13-38)34-21-22-32-11-19(39(22)4-3-31-21)17-10-33-35-20(17)25(27,28)29/h1-4,9-11,14H,5-8,12-13,30H2,(H,31,34)(H,33,35). The number of nitrogens with one attached hydrogen (secondary N) is 2. The second-order valence-electron chi connectivity index (χ2n) is 9.82. The summed E-state index contributed by atoms with van der Waals surface area (Å²) in [5.41, 5.74) is 5.90. The topological polar surface area (TPSA) is 141 Å². The zero-order chi connectivity index (χ0) is 28.9. The Balaban J connectivity index is 1.15. The molecule has 3 aromatic heterocycles. The fraction of sp³-hybridized carbons (Fsp3) is 0.320. The highest BCUT2D eigenvalue weighted by molar-refractivity contribution is 6.34. The predicted octanol–water partition coefficient (Wildman–Crippen LogP) is 3.06. The van der Waals surface area contributed by atoms with E-state index in [1.807, 2.05) is 5.10 Å². The van der Waals surface area contributed by atoms with E-state index in [0.717, 1.165) is 6.20 Å². The predicted molar refractivity (Wildman–Crippen MR) is 143 cm³/mol. The van der Waals surface area contributed by atoms with Gasteiger partial charge in [0, 0.05) is 63.4 Å². The molecule has 0 unspecified atom stereocenters. The zero-order valence-electron chi connectivity index (χ0n) is 21.4. The molecule has 41 heavy (non-hydrogen) atoms. The maximum absolute atomic E-state index is 13.4. The number of hydrogen-bond acceptors (Lipinski definition) is 7. The number of halogens is 4. The van der Waals surface area contributed by atoms with E-state index >= 15 is 0 Å². The fourth-order valence-electron chi connectivity index (χ4n) is 4.95. The van der Waals surface area contributed by atoms with Crippen LogP contribution in [-0.4, -0.2) is 96.5 Å². The lowest BCUT2D eigenvalue weighted by molar-refractivity contribution is -0.140. The number of urea groups is 1. The number of carbonyl (C=O) groups is 2. The first-order valence-electron chi connectivity index (χ1n) is 12.7. The number of aromatic nitrogens is 5. The lowest BCUT2D eigenvalue weighted by Crippen LogP contribution is -2.63. The number of carbonyl (C=O) groups excluding carboxylic acids is 2. The average Bonchev–Trinajstić information content (AvgIpc) is 3.59. The second-order valence-corrected chi connectivity index (χ2v) is 10.2. The summed E-state index contributed by atoms with van der Waals surface area (Å²) in [6.45, 7) is 2.67. The van der Waals surface area contributed by atoms with Gasteiger partial charge in [0.1, 0.15) is 5.69 Å². The summed E-state index contributed by atoms with van der Waals surface area (Å²) >= 11 is 6.49. The highest BCUT2D eigenvalue weighted by atomic mass is 35.5. The minimum Gasteiger partial charge on any atom is -0.337 e. The summed E-state index contributed by atoms with van der Waals surface area (Å²) in [5, 5.41) is 8.82. The highest BCUT2D eigenvalue weighted by Gasteiger charge is 2.37. The van der Waals surface area contributed by atoms with Crippen LogP contribution in [0.3, 0.4) is 0 Å². The molecule has 4 N–H and O–H groups in total. The van der Waals surface area contributed by atoms with Crippen LogP contribution in [0.4, 0.5) is 29.5 Å². The number of likely N-dealkylation sites (tertiary alicyclic amines) is 1. The molecule has 12 nitrogen and oxygen atoms in total. The van der Waals surface area contributed by atoms with Crippen molar-refractivity contribution in [2.24, 2.45) is 5.73 Å². The van der Waals surface area contributed by atoms with Crippen LogP contribution < -0.4 is 11.1 Å². The number of rotatable bonds is 4. The van der Waals surface area contributed by atoms with Gasteiger partial charge < -0.3 is 25.8 Å². The van der Waals surface area contributed by atoms with Gasteiger partial charge in [-0.1, -0.05) is 11.6 Å². The van der Waals surface area contributed by atoms with Crippen LogP contribution in [0.5, 0.6) is 0 Å². The molecule has 6 rings (SSSR count). The number of amides is 3. The highest BCUT2D eigenvalue weighted by Crippen LogP contribution is 2.36. The SMILES string of the molecule is NC1CN(C(=O)N2CCN(C(=O)c3ccc(Nc4nccn5c(-c6cn[nH]c6C(F)(F)F)cnc45)cc3Cl)CC2)C1. The Morgan fingerprint density at radius 1 is 1.05 bits per heavy atom. The van der Waals surface area contributed by atoms with E-state index in [9.17, 15) is 22.8 Å². The van der Waals surface area contributed by atoms with Crippen LogP contribution in [0.2, 0.25) is 5.02 Å². The summed E-state index contributed by atoms with van der Waals surface area (Å²) < 4.78 is 41.7. The van der Waals surface area contributed by atoms with E-state index < -0.39 is 11.9 Å². The largest absolute Gasteiger partial charge is 0.433 e. The van der Waals surface area contributed by atoms with Crippen molar-refractivity contribution in [1.82, 2.24) is 39.3 Å². The van der Waals surface area contributed by atoms with Gasteiger partial charge in [-0.2, -0.15) is 18.3 Å². The normalized spacial score (nSPS) is 16.3. The van der Waals surface area contributed by atoms with E-state index in [0.29, 0.717) is 50.5 Å². The molecule has 0 atom stereocenters. The molecule has 16 heteroatoms. The Hall–Kier alpha value is -4.37. The summed E-state index contributed by atoms with van der Waals surface area (Å²) in [7, 11) is 0. The van der Waals surface area contributed by atoms with Crippen molar-refractivity contribution in [2.75, 3.05) is 44.6 Å². The Morgan fingerprint density at radius 3 is 2.46 bits per heavy atom.